The Labute approximate surface area is 197 Å². The van der Waals surface area contributed by atoms with Crippen molar-refractivity contribution in [2.24, 2.45) is 5.92 Å². The van der Waals surface area contributed by atoms with Gasteiger partial charge in [0, 0.05) is 49.9 Å². The average Bonchev–Trinajstić information content (AvgIpc) is 2.85. The standard InChI is InChI=1S/C28H26N2O4/c31-27-8-4-7-25-21-13-19(16-30(25)27)15-29(17-21)11-12-33-22-9-10-23-26(14-22)34-18-24(28(23)32)20-5-2-1-3-6-20/h1-10,14,18-19,21H,11-13,15-17H2. The molecular formula is C28H26N2O4. The molecular weight excluding hydrogens is 428 g/mol. The van der Waals surface area contributed by atoms with E-state index in [1.807, 2.05) is 47.0 Å². The number of fused-ring (bicyclic) bond motifs is 5. The maximum absolute atomic E-state index is 12.9. The van der Waals surface area contributed by atoms with Crippen molar-refractivity contribution < 1.29 is 9.15 Å². The first kappa shape index (κ1) is 20.9. The zero-order valence-corrected chi connectivity index (χ0v) is 18.9. The Hall–Kier alpha value is -3.64. The lowest BCUT2D eigenvalue weighted by atomic mass is 9.83. The van der Waals surface area contributed by atoms with Crippen molar-refractivity contribution in [2.75, 3.05) is 26.2 Å². The second-order valence-electron chi connectivity index (χ2n) is 9.31. The molecule has 34 heavy (non-hydrogen) atoms. The Bertz CT molecular complexity index is 1460. The number of nitrogens with zero attached hydrogens (tertiary/aromatic N) is 2. The highest BCUT2D eigenvalue weighted by atomic mass is 16.5. The van der Waals surface area contributed by atoms with Gasteiger partial charge in [0.25, 0.3) is 5.56 Å². The van der Waals surface area contributed by atoms with Gasteiger partial charge in [-0.3, -0.25) is 14.5 Å². The van der Waals surface area contributed by atoms with Crippen molar-refractivity contribution in [3.05, 3.63) is 99.3 Å². The quantitative estimate of drug-likeness (QED) is 0.454. The molecule has 2 unspecified atom stereocenters. The minimum Gasteiger partial charge on any atom is -0.492 e. The molecule has 2 atom stereocenters. The molecule has 1 saturated heterocycles. The van der Waals surface area contributed by atoms with Gasteiger partial charge in [-0.2, -0.15) is 0 Å². The van der Waals surface area contributed by atoms with E-state index in [9.17, 15) is 9.59 Å². The maximum atomic E-state index is 12.9. The van der Waals surface area contributed by atoms with Crippen LogP contribution in [0, 0.1) is 5.92 Å². The van der Waals surface area contributed by atoms with Crippen molar-refractivity contribution >= 4 is 11.0 Å². The predicted octanol–water partition coefficient (Wildman–Crippen LogP) is 4.12. The molecule has 0 saturated carbocycles. The number of ether oxygens (including phenoxy) is 1. The number of aromatic nitrogens is 1. The van der Waals surface area contributed by atoms with Crippen LogP contribution < -0.4 is 15.7 Å². The molecule has 2 aliphatic heterocycles. The number of piperidine rings is 1. The number of hydrogen-bond acceptors (Lipinski definition) is 5. The van der Waals surface area contributed by atoms with Crippen LogP contribution in [0.15, 0.2) is 87.0 Å². The van der Waals surface area contributed by atoms with Crippen LogP contribution >= 0.6 is 0 Å². The highest BCUT2D eigenvalue weighted by Gasteiger charge is 2.34. The molecule has 0 N–H and O–H groups in total. The van der Waals surface area contributed by atoms with E-state index in [1.165, 1.54) is 6.26 Å². The van der Waals surface area contributed by atoms with Crippen molar-refractivity contribution in [3.63, 3.8) is 0 Å². The van der Waals surface area contributed by atoms with Gasteiger partial charge in [-0.05, 0) is 36.1 Å². The van der Waals surface area contributed by atoms with Crippen LogP contribution in [0.1, 0.15) is 18.0 Å². The Morgan fingerprint density at radius 2 is 1.82 bits per heavy atom. The third-order valence-corrected chi connectivity index (χ3v) is 7.06. The van der Waals surface area contributed by atoms with E-state index in [0.717, 1.165) is 43.9 Å². The second kappa shape index (κ2) is 8.61. The van der Waals surface area contributed by atoms with Crippen LogP contribution in [-0.2, 0) is 6.54 Å². The van der Waals surface area contributed by atoms with Crippen LogP contribution in [0.5, 0.6) is 5.75 Å². The summed E-state index contributed by atoms with van der Waals surface area (Å²) in [5, 5.41) is 0.548. The Morgan fingerprint density at radius 1 is 0.941 bits per heavy atom. The summed E-state index contributed by atoms with van der Waals surface area (Å²) in [6, 6.07) is 20.6. The lowest BCUT2D eigenvalue weighted by molar-refractivity contribution is 0.104. The largest absolute Gasteiger partial charge is 0.492 e. The van der Waals surface area contributed by atoms with Crippen LogP contribution in [-0.4, -0.2) is 35.7 Å². The third-order valence-electron chi connectivity index (χ3n) is 7.06. The van der Waals surface area contributed by atoms with Crippen LogP contribution in [0.25, 0.3) is 22.1 Å². The molecule has 2 aromatic heterocycles. The van der Waals surface area contributed by atoms with Gasteiger partial charge in [0.15, 0.2) is 5.43 Å². The molecule has 4 aromatic rings. The van der Waals surface area contributed by atoms with Gasteiger partial charge in [-0.15, -0.1) is 0 Å². The van der Waals surface area contributed by atoms with Gasteiger partial charge in [-0.1, -0.05) is 36.4 Å². The topological polar surface area (TPSA) is 64.7 Å². The first-order chi connectivity index (χ1) is 16.7. The summed E-state index contributed by atoms with van der Waals surface area (Å²) in [5.74, 6) is 1.59. The molecule has 0 amide bonds. The first-order valence-electron chi connectivity index (χ1n) is 11.8. The summed E-state index contributed by atoms with van der Waals surface area (Å²) in [6.07, 6.45) is 2.68. The summed E-state index contributed by atoms with van der Waals surface area (Å²) < 4.78 is 13.8. The number of likely N-dealkylation sites (tertiary alicyclic amines) is 1. The number of pyridine rings is 1. The summed E-state index contributed by atoms with van der Waals surface area (Å²) in [5.41, 5.74) is 3.16. The highest BCUT2D eigenvalue weighted by Crippen LogP contribution is 2.34. The highest BCUT2D eigenvalue weighted by molar-refractivity contribution is 5.82. The monoisotopic (exact) mass is 454 g/mol. The fourth-order valence-corrected chi connectivity index (χ4v) is 5.49. The van der Waals surface area contributed by atoms with Gasteiger partial charge in [0.1, 0.15) is 24.2 Å². The molecule has 1 fully saturated rings. The van der Waals surface area contributed by atoms with E-state index >= 15 is 0 Å². The van der Waals surface area contributed by atoms with E-state index in [1.54, 1.807) is 18.2 Å². The Balaban J connectivity index is 1.13. The van der Waals surface area contributed by atoms with Crippen LogP contribution in [0.2, 0.25) is 0 Å². The summed E-state index contributed by atoms with van der Waals surface area (Å²) in [7, 11) is 0. The van der Waals surface area contributed by atoms with Crippen molar-refractivity contribution in [2.45, 2.75) is 18.9 Å². The van der Waals surface area contributed by atoms with Gasteiger partial charge in [0.2, 0.25) is 0 Å². The minimum absolute atomic E-state index is 0.0433. The van der Waals surface area contributed by atoms with Crippen molar-refractivity contribution in [1.29, 1.82) is 0 Å². The molecule has 6 heteroatoms. The molecule has 6 nitrogen and oxygen atoms in total. The molecule has 2 bridgehead atoms. The lowest BCUT2D eigenvalue weighted by Crippen LogP contribution is -2.48. The van der Waals surface area contributed by atoms with Gasteiger partial charge in [0.05, 0.1) is 10.9 Å². The van der Waals surface area contributed by atoms with E-state index in [-0.39, 0.29) is 11.0 Å². The average molecular weight is 455 g/mol. The molecule has 0 spiro atoms. The zero-order chi connectivity index (χ0) is 23.1. The summed E-state index contributed by atoms with van der Waals surface area (Å²) >= 11 is 0. The summed E-state index contributed by atoms with van der Waals surface area (Å²) in [6.45, 7) is 4.10. The fraction of sp³-hybridized carbons (Fsp3) is 0.286. The zero-order valence-electron chi connectivity index (χ0n) is 18.9. The van der Waals surface area contributed by atoms with Crippen LogP contribution in [0.3, 0.4) is 0 Å². The minimum atomic E-state index is -0.0433. The van der Waals surface area contributed by atoms with E-state index in [2.05, 4.69) is 11.0 Å². The molecule has 0 radical (unpaired) electrons. The lowest BCUT2D eigenvalue weighted by Gasteiger charge is -2.42. The predicted molar refractivity (Wildman–Crippen MR) is 131 cm³/mol. The number of benzene rings is 2. The van der Waals surface area contributed by atoms with E-state index in [4.69, 9.17) is 9.15 Å². The smallest absolute Gasteiger partial charge is 0.250 e. The fourth-order valence-electron chi connectivity index (χ4n) is 5.49. The normalized spacial score (nSPS) is 19.6. The molecule has 4 heterocycles. The van der Waals surface area contributed by atoms with Gasteiger partial charge < -0.3 is 13.7 Å². The van der Waals surface area contributed by atoms with Gasteiger partial charge in [-0.25, -0.2) is 0 Å². The van der Waals surface area contributed by atoms with E-state index in [0.29, 0.717) is 40.7 Å². The van der Waals surface area contributed by atoms with Crippen LogP contribution in [0.4, 0.5) is 0 Å². The van der Waals surface area contributed by atoms with Crippen molar-refractivity contribution in [3.8, 4) is 16.9 Å². The third kappa shape index (κ3) is 3.84. The summed E-state index contributed by atoms with van der Waals surface area (Å²) in [4.78, 5) is 27.6. The second-order valence-corrected chi connectivity index (χ2v) is 9.31. The molecule has 172 valence electrons. The Morgan fingerprint density at radius 3 is 2.71 bits per heavy atom. The number of hydrogen-bond donors (Lipinski definition) is 0. The molecule has 2 aromatic carbocycles. The van der Waals surface area contributed by atoms with E-state index < -0.39 is 0 Å². The Kier molecular flexibility index (Phi) is 5.30. The maximum Gasteiger partial charge on any atom is 0.250 e. The van der Waals surface area contributed by atoms with Crippen molar-refractivity contribution in [1.82, 2.24) is 9.47 Å². The molecule has 2 aliphatic rings. The molecule has 6 rings (SSSR count). The number of rotatable bonds is 5. The first-order valence-corrected chi connectivity index (χ1v) is 11.8. The van der Waals surface area contributed by atoms with Gasteiger partial charge >= 0.3 is 0 Å². The molecule has 0 aliphatic carbocycles. The SMILES string of the molecule is O=c1c(-c2ccccc2)coc2cc(OCCN3CC4CC(C3)c3cccc(=O)n3C4)ccc12.